The Balaban J connectivity index is 1.68. The predicted octanol–water partition coefficient (Wildman–Crippen LogP) is 3.83. The van der Waals surface area contributed by atoms with E-state index < -0.39 is 0 Å². The minimum absolute atomic E-state index is 0.101. The highest BCUT2D eigenvalue weighted by atomic mass is 16.5. The van der Waals surface area contributed by atoms with Crippen molar-refractivity contribution in [2.45, 2.75) is 12.8 Å². The molecule has 0 aliphatic heterocycles. The molecule has 0 saturated carbocycles. The number of pyridine rings is 1. The molecule has 26 heavy (non-hydrogen) atoms. The minimum atomic E-state index is -0.101. The van der Waals surface area contributed by atoms with Crippen molar-refractivity contribution in [3.05, 3.63) is 66.4 Å². The molecule has 0 spiro atoms. The summed E-state index contributed by atoms with van der Waals surface area (Å²) in [5.41, 5.74) is 2.43. The Morgan fingerprint density at radius 1 is 1.04 bits per heavy atom. The van der Waals surface area contributed by atoms with Gasteiger partial charge in [0.2, 0.25) is 5.91 Å². The predicted molar refractivity (Wildman–Crippen MR) is 103 cm³/mol. The summed E-state index contributed by atoms with van der Waals surface area (Å²) in [6.07, 6.45) is 2.79. The summed E-state index contributed by atoms with van der Waals surface area (Å²) in [6.45, 7) is 1.18. The quantitative estimate of drug-likeness (QED) is 0.627. The SMILES string of the molecule is COCCCOc1ccccc1NC(=O)Cc1cccc2cccnc12. The van der Waals surface area contributed by atoms with E-state index in [4.69, 9.17) is 9.47 Å². The monoisotopic (exact) mass is 350 g/mol. The van der Waals surface area contributed by atoms with Gasteiger partial charge in [0.15, 0.2) is 0 Å². The van der Waals surface area contributed by atoms with Crippen molar-refractivity contribution in [2.75, 3.05) is 25.6 Å². The van der Waals surface area contributed by atoms with Gasteiger partial charge in [-0.1, -0.05) is 36.4 Å². The number of amides is 1. The molecule has 0 radical (unpaired) electrons. The first-order valence-corrected chi connectivity index (χ1v) is 8.61. The second-order valence-electron chi connectivity index (χ2n) is 5.91. The number of para-hydroxylation sites is 3. The Bertz CT molecular complexity index is 875. The van der Waals surface area contributed by atoms with Gasteiger partial charge in [-0.25, -0.2) is 0 Å². The molecule has 5 heteroatoms. The number of fused-ring (bicyclic) bond motifs is 1. The van der Waals surface area contributed by atoms with Gasteiger partial charge in [-0.15, -0.1) is 0 Å². The molecule has 0 aliphatic rings. The lowest BCUT2D eigenvalue weighted by Gasteiger charge is -2.13. The van der Waals surface area contributed by atoms with Crippen LogP contribution in [-0.4, -0.2) is 31.2 Å². The van der Waals surface area contributed by atoms with Crippen LogP contribution >= 0.6 is 0 Å². The van der Waals surface area contributed by atoms with Crippen LogP contribution in [0.2, 0.25) is 0 Å². The number of hydrogen-bond donors (Lipinski definition) is 1. The third-order valence-corrected chi connectivity index (χ3v) is 3.98. The molecule has 5 nitrogen and oxygen atoms in total. The Morgan fingerprint density at radius 3 is 2.77 bits per heavy atom. The molecule has 1 aromatic heterocycles. The molecular weight excluding hydrogens is 328 g/mol. The molecule has 1 amide bonds. The van der Waals surface area contributed by atoms with Gasteiger partial charge in [0, 0.05) is 31.7 Å². The molecule has 2 aromatic carbocycles. The highest BCUT2D eigenvalue weighted by Crippen LogP contribution is 2.24. The average Bonchev–Trinajstić information content (AvgIpc) is 2.67. The van der Waals surface area contributed by atoms with Gasteiger partial charge in [0.25, 0.3) is 0 Å². The summed E-state index contributed by atoms with van der Waals surface area (Å²) < 4.78 is 10.8. The number of carbonyl (C=O) groups excluding carboxylic acids is 1. The lowest BCUT2D eigenvalue weighted by molar-refractivity contribution is -0.115. The minimum Gasteiger partial charge on any atom is -0.491 e. The third-order valence-electron chi connectivity index (χ3n) is 3.98. The van der Waals surface area contributed by atoms with Gasteiger partial charge in [-0.05, 0) is 23.8 Å². The van der Waals surface area contributed by atoms with Crippen molar-refractivity contribution in [3.8, 4) is 5.75 Å². The van der Waals surface area contributed by atoms with Crippen LogP contribution in [0.15, 0.2) is 60.8 Å². The molecule has 0 aliphatic carbocycles. The van der Waals surface area contributed by atoms with E-state index in [1.54, 1.807) is 13.3 Å². The Hall–Kier alpha value is -2.92. The van der Waals surface area contributed by atoms with E-state index >= 15 is 0 Å². The first-order chi connectivity index (χ1) is 12.8. The van der Waals surface area contributed by atoms with Crippen molar-refractivity contribution in [3.63, 3.8) is 0 Å². The second kappa shape index (κ2) is 8.97. The molecule has 0 saturated heterocycles. The van der Waals surface area contributed by atoms with E-state index in [0.717, 1.165) is 22.9 Å². The van der Waals surface area contributed by atoms with Gasteiger partial charge < -0.3 is 14.8 Å². The number of aromatic nitrogens is 1. The number of benzene rings is 2. The van der Waals surface area contributed by atoms with E-state index in [0.29, 0.717) is 24.7 Å². The van der Waals surface area contributed by atoms with Crippen LogP contribution in [0.5, 0.6) is 5.75 Å². The van der Waals surface area contributed by atoms with Gasteiger partial charge in [0.1, 0.15) is 5.75 Å². The van der Waals surface area contributed by atoms with E-state index in [1.165, 1.54) is 0 Å². The smallest absolute Gasteiger partial charge is 0.228 e. The lowest BCUT2D eigenvalue weighted by Crippen LogP contribution is -2.15. The van der Waals surface area contributed by atoms with Gasteiger partial charge in [-0.2, -0.15) is 0 Å². The van der Waals surface area contributed by atoms with Crippen molar-refractivity contribution in [2.24, 2.45) is 0 Å². The fraction of sp³-hybridized carbons (Fsp3) is 0.238. The van der Waals surface area contributed by atoms with Gasteiger partial charge in [0.05, 0.1) is 24.2 Å². The molecule has 0 unspecified atom stereocenters. The molecule has 0 bridgehead atoms. The van der Waals surface area contributed by atoms with Crippen molar-refractivity contribution in [1.29, 1.82) is 0 Å². The first-order valence-electron chi connectivity index (χ1n) is 8.61. The first kappa shape index (κ1) is 17.9. The highest BCUT2D eigenvalue weighted by Gasteiger charge is 2.11. The summed E-state index contributed by atoms with van der Waals surface area (Å²) in [5, 5.41) is 3.97. The highest BCUT2D eigenvalue weighted by molar-refractivity contribution is 5.96. The maximum absolute atomic E-state index is 12.5. The molecule has 0 fully saturated rings. The number of anilines is 1. The average molecular weight is 350 g/mol. The van der Waals surface area contributed by atoms with Crippen molar-refractivity contribution >= 4 is 22.5 Å². The van der Waals surface area contributed by atoms with Crippen LogP contribution < -0.4 is 10.1 Å². The molecule has 3 rings (SSSR count). The van der Waals surface area contributed by atoms with Crippen LogP contribution in [0.3, 0.4) is 0 Å². The topological polar surface area (TPSA) is 60.5 Å². The van der Waals surface area contributed by atoms with Crippen LogP contribution in [0, 0.1) is 0 Å². The molecule has 1 heterocycles. The molecule has 1 N–H and O–H groups in total. The largest absolute Gasteiger partial charge is 0.491 e. The zero-order chi connectivity index (χ0) is 18.2. The maximum atomic E-state index is 12.5. The number of nitrogens with one attached hydrogen (secondary N) is 1. The molecule has 0 atom stereocenters. The van der Waals surface area contributed by atoms with Gasteiger partial charge in [-0.3, -0.25) is 9.78 Å². The number of rotatable bonds is 8. The zero-order valence-electron chi connectivity index (χ0n) is 14.8. The third kappa shape index (κ3) is 4.58. The van der Waals surface area contributed by atoms with Crippen LogP contribution in [0.1, 0.15) is 12.0 Å². The Morgan fingerprint density at radius 2 is 1.88 bits per heavy atom. The summed E-state index contributed by atoms with van der Waals surface area (Å²) in [4.78, 5) is 16.9. The fourth-order valence-corrected chi connectivity index (χ4v) is 2.76. The number of hydrogen-bond acceptors (Lipinski definition) is 4. The summed E-state index contributed by atoms with van der Waals surface area (Å²) >= 11 is 0. The zero-order valence-corrected chi connectivity index (χ0v) is 14.8. The molecular formula is C21H22N2O3. The van der Waals surface area contributed by atoms with Crippen molar-refractivity contribution < 1.29 is 14.3 Å². The number of nitrogens with zero attached hydrogens (tertiary/aromatic N) is 1. The normalized spacial score (nSPS) is 10.7. The second-order valence-corrected chi connectivity index (χ2v) is 5.91. The van der Waals surface area contributed by atoms with Crippen LogP contribution in [0.25, 0.3) is 10.9 Å². The van der Waals surface area contributed by atoms with E-state index in [2.05, 4.69) is 10.3 Å². The number of methoxy groups -OCH3 is 1. The van der Waals surface area contributed by atoms with Gasteiger partial charge >= 0.3 is 0 Å². The number of ether oxygens (including phenoxy) is 2. The maximum Gasteiger partial charge on any atom is 0.228 e. The van der Waals surface area contributed by atoms with Crippen LogP contribution in [-0.2, 0) is 16.0 Å². The summed E-state index contributed by atoms with van der Waals surface area (Å²) in [6, 6.07) is 17.2. The summed E-state index contributed by atoms with van der Waals surface area (Å²) in [7, 11) is 1.66. The van der Waals surface area contributed by atoms with E-state index in [9.17, 15) is 4.79 Å². The molecule has 3 aromatic rings. The number of carbonyl (C=O) groups is 1. The lowest BCUT2D eigenvalue weighted by atomic mass is 10.1. The Labute approximate surface area is 153 Å². The Kier molecular flexibility index (Phi) is 6.17. The van der Waals surface area contributed by atoms with Crippen LogP contribution in [0.4, 0.5) is 5.69 Å². The van der Waals surface area contributed by atoms with E-state index in [-0.39, 0.29) is 12.3 Å². The standard InChI is InChI=1S/C21H22N2O3/c1-25-13-6-14-26-19-11-3-2-10-18(19)23-20(24)15-17-8-4-7-16-9-5-12-22-21(16)17/h2-5,7-12H,6,13-15H2,1H3,(H,23,24). The fourth-order valence-electron chi connectivity index (χ4n) is 2.76. The van der Waals surface area contributed by atoms with Crippen molar-refractivity contribution in [1.82, 2.24) is 4.98 Å². The van der Waals surface area contributed by atoms with E-state index in [1.807, 2.05) is 54.6 Å². The summed E-state index contributed by atoms with van der Waals surface area (Å²) in [5.74, 6) is 0.559. The molecule has 134 valence electrons.